The van der Waals surface area contributed by atoms with Gasteiger partial charge in [0.2, 0.25) is 0 Å². The molecule has 0 amide bonds. The number of benzene rings is 1. The molecule has 0 aliphatic heterocycles. The van der Waals surface area contributed by atoms with E-state index in [1.54, 1.807) is 0 Å². The molecule has 0 spiro atoms. The van der Waals surface area contributed by atoms with Crippen LogP contribution in [0.25, 0.3) is 0 Å². The van der Waals surface area contributed by atoms with Gasteiger partial charge in [-0.25, -0.2) is 0 Å². The summed E-state index contributed by atoms with van der Waals surface area (Å²) in [4.78, 5) is 3.98. The van der Waals surface area contributed by atoms with E-state index in [4.69, 9.17) is 27.3 Å². The van der Waals surface area contributed by atoms with Gasteiger partial charge in [0.1, 0.15) is 11.6 Å². The third-order valence-electron chi connectivity index (χ3n) is 4.30. The topological polar surface area (TPSA) is 136 Å². The number of nitrogens with zero attached hydrogens (tertiary/aromatic N) is 1. The number of nitrogen functional groups attached to an aromatic ring is 1. The Balaban J connectivity index is 1.93. The van der Waals surface area contributed by atoms with Gasteiger partial charge in [0, 0.05) is 12.1 Å². The molecule has 0 radical (unpaired) electrons. The zero-order valence-corrected chi connectivity index (χ0v) is 16.6. The molecule has 0 bridgehead atoms. The Morgan fingerprint density at radius 2 is 1.67 bits per heavy atom. The number of rotatable bonds is 15. The van der Waals surface area contributed by atoms with Crippen molar-refractivity contribution in [2.24, 2.45) is 22.2 Å². The fraction of sp³-hybridized carbons (Fsp3) is 0.600. The summed E-state index contributed by atoms with van der Waals surface area (Å²) in [7, 11) is 0. The Hall–Kier alpha value is -2.28. The van der Waals surface area contributed by atoms with Crippen LogP contribution in [0.5, 0.6) is 5.75 Å². The highest BCUT2D eigenvalue weighted by Crippen LogP contribution is 2.19. The number of unbranched alkanes of at least 4 members (excludes halogenated alkanes) is 5. The summed E-state index contributed by atoms with van der Waals surface area (Å²) < 4.78 is 5.81. The van der Waals surface area contributed by atoms with Gasteiger partial charge in [-0.1, -0.05) is 19.3 Å². The predicted molar refractivity (Wildman–Crippen MR) is 114 cm³/mol. The molecule has 7 nitrogen and oxygen atoms in total. The molecule has 0 aromatic heterocycles. The Labute approximate surface area is 163 Å². The Bertz CT molecular complexity index is 584. The van der Waals surface area contributed by atoms with Gasteiger partial charge >= 0.3 is 0 Å². The van der Waals surface area contributed by atoms with Crippen LogP contribution in [0.1, 0.15) is 56.1 Å². The molecule has 1 aromatic rings. The van der Waals surface area contributed by atoms with E-state index in [0.717, 1.165) is 55.8 Å². The summed E-state index contributed by atoms with van der Waals surface area (Å²) >= 11 is 0. The van der Waals surface area contributed by atoms with Gasteiger partial charge in [-0.2, -0.15) is 0 Å². The fourth-order valence-electron chi connectivity index (χ4n) is 2.74. The molecule has 0 unspecified atom stereocenters. The molecule has 0 aliphatic carbocycles. The highest BCUT2D eigenvalue weighted by molar-refractivity contribution is 5.95. The van der Waals surface area contributed by atoms with Crippen molar-refractivity contribution in [2.45, 2.75) is 51.9 Å². The Morgan fingerprint density at radius 3 is 2.33 bits per heavy atom. The maximum absolute atomic E-state index is 7.45. The maximum Gasteiger partial charge on any atom is 0.185 e. The van der Waals surface area contributed by atoms with Crippen molar-refractivity contribution in [1.29, 1.82) is 5.41 Å². The zero-order valence-electron chi connectivity index (χ0n) is 16.6. The molecule has 0 atom stereocenters. The van der Waals surface area contributed by atoms with Crippen LogP contribution in [0.3, 0.4) is 0 Å². The summed E-state index contributed by atoms with van der Waals surface area (Å²) in [5.74, 6) is 1.14. The molecular formula is C20H36N6O. The third kappa shape index (κ3) is 11.1. The van der Waals surface area contributed by atoms with Crippen molar-refractivity contribution in [3.8, 4) is 5.75 Å². The van der Waals surface area contributed by atoms with E-state index >= 15 is 0 Å². The maximum atomic E-state index is 7.45. The van der Waals surface area contributed by atoms with E-state index < -0.39 is 0 Å². The predicted octanol–water partition coefficient (Wildman–Crippen LogP) is 2.25. The minimum Gasteiger partial charge on any atom is -0.493 e. The molecule has 0 aliphatic rings. The van der Waals surface area contributed by atoms with Crippen LogP contribution < -0.4 is 27.3 Å². The van der Waals surface area contributed by atoms with E-state index in [-0.39, 0.29) is 11.8 Å². The SMILES string of the molecule is Cc1cc(C(=N)N)ccc1OCCCCNCCCCCCCN=C(N)N. The van der Waals surface area contributed by atoms with E-state index in [2.05, 4.69) is 10.3 Å². The number of nitrogens with two attached hydrogens (primary N) is 3. The van der Waals surface area contributed by atoms with E-state index in [0.29, 0.717) is 6.61 Å². The fourth-order valence-corrected chi connectivity index (χ4v) is 2.74. The second-order valence-electron chi connectivity index (χ2n) is 6.77. The molecule has 1 rings (SSSR count). The van der Waals surface area contributed by atoms with Gasteiger partial charge < -0.3 is 27.3 Å². The molecule has 0 saturated carbocycles. The van der Waals surface area contributed by atoms with Crippen LogP contribution in [0.4, 0.5) is 0 Å². The number of aliphatic imine (C=N–C) groups is 1. The van der Waals surface area contributed by atoms with Gasteiger partial charge in [0.15, 0.2) is 5.96 Å². The molecule has 7 heteroatoms. The van der Waals surface area contributed by atoms with Gasteiger partial charge in [0.25, 0.3) is 0 Å². The van der Waals surface area contributed by atoms with Crippen LogP contribution in [0.2, 0.25) is 0 Å². The minimum absolute atomic E-state index is 0.0849. The van der Waals surface area contributed by atoms with Crippen molar-refractivity contribution in [3.05, 3.63) is 29.3 Å². The number of aryl methyl sites for hydroxylation is 1. The minimum atomic E-state index is 0.0849. The molecule has 1 aromatic carbocycles. The van der Waals surface area contributed by atoms with E-state index in [1.807, 2.05) is 25.1 Å². The highest BCUT2D eigenvalue weighted by atomic mass is 16.5. The van der Waals surface area contributed by atoms with Gasteiger partial charge in [-0.15, -0.1) is 0 Å². The van der Waals surface area contributed by atoms with Gasteiger partial charge in [0.05, 0.1) is 6.61 Å². The normalized spacial score (nSPS) is 10.6. The largest absolute Gasteiger partial charge is 0.493 e. The average molecular weight is 377 g/mol. The molecular weight excluding hydrogens is 340 g/mol. The number of nitrogens with one attached hydrogen (secondary N) is 2. The molecule has 0 heterocycles. The molecule has 8 N–H and O–H groups in total. The molecule has 0 saturated heterocycles. The highest BCUT2D eigenvalue weighted by Gasteiger charge is 2.03. The molecule has 0 fully saturated rings. The summed E-state index contributed by atoms with van der Waals surface area (Å²) in [5.41, 5.74) is 17.8. The first-order valence-corrected chi connectivity index (χ1v) is 9.84. The van der Waals surface area contributed by atoms with Crippen LogP contribution in [0, 0.1) is 12.3 Å². The average Bonchev–Trinajstić information content (AvgIpc) is 2.62. The number of amidine groups is 1. The van der Waals surface area contributed by atoms with Gasteiger partial charge in [-0.05, 0) is 69.5 Å². The van der Waals surface area contributed by atoms with Crippen molar-refractivity contribution in [3.63, 3.8) is 0 Å². The van der Waals surface area contributed by atoms with E-state index in [9.17, 15) is 0 Å². The number of hydrogen-bond acceptors (Lipinski definition) is 4. The molecule has 27 heavy (non-hydrogen) atoms. The number of ether oxygens (including phenoxy) is 1. The van der Waals surface area contributed by atoms with E-state index in [1.165, 1.54) is 25.7 Å². The number of guanidine groups is 1. The second kappa shape index (κ2) is 13.9. The van der Waals surface area contributed by atoms with Crippen molar-refractivity contribution in [1.82, 2.24) is 5.32 Å². The number of hydrogen-bond donors (Lipinski definition) is 5. The molecule has 152 valence electrons. The quantitative estimate of drug-likeness (QED) is 0.182. The van der Waals surface area contributed by atoms with Crippen molar-refractivity contribution < 1.29 is 4.74 Å². The summed E-state index contributed by atoms with van der Waals surface area (Å²) in [5, 5.41) is 10.9. The lowest BCUT2D eigenvalue weighted by Crippen LogP contribution is -2.22. The lowest BCUT2D eigenvalue weighted by Gasteiger charge is -2.10. The summed E-state index contributed by atoms with van der Waals surface area (Å²) in [6.45, 7) is 5.52. The Kier molecular flexibility index (Phi) is 11.7. The lowest BCUT2D eigenvalue weighted by molar-refractivity contribution is 0.304. The van der Waals surface area contributed by atoms with Crippen LogP contribution in [-0.2, 0) is 0 Å². The summed E-state index contributed by atoms with van der Waals surface area (Å²) in [6.07, 6.45) is 8.04. The van der Waals surface area contributed by atoms with Crippen LogP contribution in [0.15, 0.2) is 23.2 Å². The lowest BCUT2D eigenvalue weighted by atomic mass is 10.1. The second-order valence-corrected chi connectivity index (χ2v) is 6.77. The van der Waals surface area contributed by atoms with Crippen LogP contribution >= 0.6 is 0 Å². The Morgan fingerprint density at radius 1 is 1.00 bits per heavy atom. The first kappa shape index (κ1) is 22.8. The zero-order chi connectivity index (χ0) is 19.9. The monoisotopic (exact) mass is 376 g/mol. The summed E-state index contributed by atoms with van der Waals surface area (Å²) in [6, 6.07) is 5.61. The first-order valence-electron chi connectivity index (χ1n) is 9.84. The van der Waals surface area contributed by atoms with Gasteiger partial charge in [-0.3, -0.25) is 10.4 Å². The standard InChI is InChI=1S/C20H36N6O/c1-16-15-17(19(21)22)9-10-18(16)27-14-8-7-12-25-11-5-3-2-4-6-13-26-20(23)24/h9-10,15,25H,2-8,11-14H2,1H3,(H3,21,22)(H4,23,24,26). The van der Waals surface area contributed by atoms with Crippen molar-refractivity contribution in [2.75, 3.05) is 26.2 Å². The smallest absolute Gasteiger partial charge is 0.185 e. The third-order valence-corrected chi connectivity index (χ3v) is 4.30. The van der Waals surface area contributed by atoms with Crippen LogP contribution in [-0.4, -0.2) is 38.0 Å². The van der Waals surface area contributed by atoms with Crippen molar-refractivity contribution >= 4 is 11.8 Å². The first-order chi connectivity index (χ1) is 13.0.